The number of aryl methyl sites for hydroxylation is 1. The molecular weight excluding hydrogens is 240 g/mol. The van der Waals surface area contributed by atoms with Crippen molar-refractivity contribution in [3.63, 3.8) is 0 Å². The van der Waals surface area contributed by atoms with Gasteiger partial charge in [0.15, 0.2) is 0 Å². The molecule has 92 valence electrons. The van der Waals surface area contributed by atoms with E-state index < -0.39 is 10.0 Å². The summed E-state index contributed by atoms with van der Waals surface area (Å²) in [6, 6.07) is 3.77. The van der Waals surface area contributed by atoms with Gasteiger partial charge in [-0.3, -0.25) is 0 Å². The van der Waals surface area contributed by atoms with E-state index in [0.29, 0.717) is 11.4 Å². The van der Waals surface area contributed by atoms with Crippen LogP contribution in [0.4, 0.5) is 5.82 Å². The topological polar surface area (TPSA) is 94.9 Å². The molecule has 0 aliphatic heterocycles. The fourth-order valence-corrected chi connectivity index (χ4v) is 1.81. The third-order valence-electron chi connectivity index (χ3n) is 2.25. The number of nitrogens with zero attached hydrogens (tertiary/aromatic N) is 2. The summed E-state index contributed by atoms with van der Waals surface area (Å²) in [7, 11) is -1.88. The van der Waals surface area contributed by atoms with E-state index in [9.17, 15) is 8.42 Å². The monoisotopic (exact) mass is 254 g/mol. The lowest BCUT2D eigenvalue weighted by atomic mass is 10.1. The first-order valence-corrected chi connectivity index (χ1v) is 6.66. The van der Waals surface area contributed by atoms with Gasteiger partial charge in [0, 0.05) is 12.7 Å². The van der Waals surface area contributed by atoms with Gasteiger partial charge in [-0.2, -0.15) is 5.26 Å². The van der Waals surface area contributed by atoms with E-state index in [-0.39, 0.29) is 12.3 Å². The Morgan fingerprint density at radius 3 is 2.82 bits per heavy atom. The third kappa shape index (κ3) is 3.69. The van der Waals surface area contributed by atoms with E-state index in [1.165, 1.54) is 7.05 Å². The van der Waals surface area contributed by atoms with E-state index in [1.54, 1.807) is 19.2 Å². The summed E-state index contributed by atoms with van der Waals surface area (Å²) in [6.45, 7) is 2.00. The minimum absolute atomic E-state index is 0.0655. The average molecular weight is 254 g/mol. The van der Waals surface area contributed by atoms with E-state index >= 15 is 0 Å². The molecule has 1 aromatic heterocycles. The lowest BCUT2D eigenvalue weighted by Gasteiger charge is -2.08. The van der Waals surface area contributed by atoms with Gasteiger partial charge in [0.25, 0.3) is 0 Å². The summed E-state index contributed by atoms with van der Waals surface area (Å²) in [5.74, 6) is 0.350. The maximum atomic E-state index is 11.2. The van der Waals surface area contributed by atoms with Gasteiger partial charge in [0.1, 0.15) is 11.9 Å². The standard InChI is InChI=1S/C10H14N4O2S/c1-8-3-4-13-10(9(8)7-11)14-5-6-17(15,16)12-2/h3-4,12H,5-6H2,1-2H3,(H,13,14). The van der Waals surface area contributed by atoms with Crippen LogP contribution in [-0.4, -0.2) is 32.7 Å². The highest BCUT2D eigenvalue weighted by atomic mass is 32.2. The first kappa shape index (κ1) is 13.4. The molecule has 0 unspecified atom stereocenters. The van der Waals surface area contributed by atoms with Crippen LogP contribution >= 0.6 is 0 Å². The number of nitriles is 1. The molecule has 1 aromatic rings. The Labute approximate surface area is 101 Å². The molecule has 6 nitrogen and oxygen atoms in total. The Bertz CT molecular complexity index is 534. The van der Waals surface area contributed by atoms with Gasteiger partial charge in [0.05, 0.1) is 11.3 Å². The van der Waals surface area contributed by atoms with Gasteiger partial charge in [0.2, 0.25) is 10.0 Å². The molecule has 0 amide bonds. The molecule has 0 aliphatic carbocycles. The zero-order valence-corrected chi connectivity index (χ0v) is 10.5. The Hall–Kier alpha value is -1.65. The first-order chi connectivity index (χ1) is 8.00. The summed E-state index contributed by atoms with van der Waals surface area (Å²) < 4.78 is 24.6. The second kappa shape index (κ2) is 5.61. The zero-order chi connectivity index (χ0) is 12.9. The molecule has 0 bridgehead atoms. The number of hydrogen-bond acceptors (Lipinski definition) is 5. The molecule has 0 aliphatic rings. The number of rotatable bonds is 5. The predicted molar refractivity (Wildman–Crippen MR) is 65.0 cm³/mol. The molecule has 1 heterocycles. The molecule has 0 spiro atoms. The maximum absolute atomic E-state index is 11.2. The second-order valence-electron chi connectivity index (χ2n) is 3.41. The summed E-state index contributed by atoms with van der Waals surface area (Å²) in [4.78, 5) is 4.01. The summed E-state index contributed by atoms with van der Waals surface area (Å²) in [6.07, 6.45) is 1.57. The molecule has 0 radical (unpaired) electrons. The molecule has 0 saturated carbocycles. The van der Waals surface area contributed by atoms with Crippen LogP contribution in [0.3, 0.4) is 0 Å². The van der Waals surface area contributed by atoms with E-state index in [0.717, 1.165) is 5.56 Å². The fraction of sp³-hybridized carbons (Fsp3) is 0.400. The van der Waals surface area contributed by atoms with Crippen molar-refractivity contribution in [3.05, 3.63) is 23.4 Å². The Morgan fingerprint density at radius 1 is 1.53 bits per heavy atom. The van der Waals surface area contributed by atoms with Crippen LogP contribution < -0.4 is 10.0 Å². The minimum Gasteiger partial charge on any atom is -0.368 e. The van der Waals surface area contributed by atoms with Crippen LogP contribution in [0.15, 0.2) is 12.3 Å². The number of hydrogen-bond donors (Lipinski definition) is 2. The van der Waals surface area contributed by atoms with Crippen molar-refractivity contribution in [2.75, 3.05) is 24.7 Å². The molecule has 0 fully saturated rings. The lowest BCUT2D eigenvalue weighted by Crippen LogP contribution is -2.26. The number of anilines is 1. The van der Waals surface area contributed by atoms with Crippen LogP contribution in [-0.2, 0) is 10.0 Å². The van der Waals surface area contributed by atoms with Gasteiger partial charge in [-0.1, -0.05) is 0 Å². The quantitative estimate of drug-likeness (QED) is 0.784. The van der Waals surface area contributed by atoms with Gasteiger partial charge >= 0.3 is 0 Å². The van der Waals surface area contributed by atoms with Crippen molar-refractivity contribution < 1.29 is 8.42 Å². The Kier molecular flexibility index (Phi) is 4.43. The van der Waals surface area contributed by atoms with Crippen molar-refractivity contribution in [3.8, 4) is 6.07 Å². The van der Waals surface area contributed by atoms with Crippen LogP contribution in [0, 0.1) is 18.3 Å². The van der Waals surface area contributed by atoms with E-state index in [4.69, 9.17) is 5.26 Å². The Balaban J connectivity index is 2.72. The highest BCUT2D eigenvalue weighted by Crippen LogP contribution is 2.14. The molecular formula is C10H14N4O2S. The van der Waals surface area contributed by atoms with Crippen LogP contribution in [0.2, 0.25) is 0 Å². The molecule has 17 heavy (non-hydrogen) atoms. The van der Waals surface area contributed by atoms with Gasteiger partial charge in [-0.15, -0.1) is 0 Å². The third-order valence-corrected chi connectivity index (χ3v) is 3.61. The highest BCUT2D eigenvalue weighted by Gasteiger charge is 2.09. The predicted octanol–water partition coefficient (Wildman–Crippen LogP) is 0.223. The smallest absolute Gasteiger partial charge is 0.213 e. The summed E-state index contributed by atoms with van der Waals surface area (Å²) >= 11 is 0. The normalized spacial score (nSPS) is 10.9. The second-order valence-corrected chi connectivity index (χ2v) is 5.46. The highest BCUT2D eigenvalue weighted by molar-refractivity contribution is 7.89. The number of pyridine rings is 1. The van der Waals surface area contributed by atoms with Crippen molar-refractivity contribution in [2.24, 2.45) is 0 Å². The average Bonchev–Trinajstić information content (AvgIpc) is 2.29. The summed E-state index contributed by atoms with van der Waals surface area (Å²) in [5, 5.41) is 11.8. The van der Waals surface area contributed by atoms with Crippen molar-refractivity contribution >= 4 is 15.8 Å². The largest absolute Gasteiger partial charge is 0.368 e. The molecule has 0 aromatic carbocycles. The van der Waals surface area contributed by atoms with Gasteiger partial charge < -0.3 is 5.32 Å². The summed E-state index contributed by atoms with van der Waals surface area (Å²) in [5.41, 5.74) is 1.25. The molecule has 2 N–H and O–H groups in total. The fourth-order valence-electron chi connectivity index (χ4n) is 1.24. The van der Waals surface area contributed by atoms with Crippen LogP contribution in [0.25, 0.3) is 0 Å². The first-order valence-electron chi connectivity index (χ1n) is 5.01. The van der Waals surface area contributed by atoms with E-state index in [2.05, 4.69) is 15.0 Å². The molecule has 0 saturated heterocycles. The maximum Gasteiger partial charge on any atom is 0.213 e. The zero-order valence-electron chi connectivity index (χ0n) is 9.69. The number of sulfonamides is 1. The Morgan fingerprint density at radius 2 is 2.24 bits per heavy atom. The van der Waals surface area contributed by atoms with Gasteiger partial charge in [-0.25, -0.2) is 18.1 Å². The van der Waals surface area contributed by atoms with Gasteiger partial charge in [-0.05, 0) is 25.6 Å². The minimum atomic E-state index is -3.24. The van der Waals surface area contributed by atoms with Crippen LogP contribution in [0.1, 0.15) is 11.1 Å². The molecule has 7 heteroatoms. The number of aromatic nitrogens is 1. The van der Waals surface area contributed by atoms with Crippen LogP contribution in [0.5, 0.6) is 0 Å². The molecule has 0 atom stereocenters. The molecule has 1 rings (SSSR count). The van der Waals surface area contributed by atoms with Crippen molar-refractivity contribution in [2.45, 2.75) is 6.92 Å². The number of nitrogens with one attached hydrogen (secondary N) is 2. The lowest BCUT2D eigenvalue weighted by molar-refractivity contribution is 0.588. The van der Waals surface area contributed by atoms with E-state index in [1.807, 2.05) is 6.07 Å². The SMILES string of the molecule is CNS(=O)(=O)CCNc1nccc(C)c1C#N. The van der Waals surface area contributed by atoms with Crippen molar-refractivity contribution in [1.29, 1.82) is 5.26 Å². The van der Waals surface area contributed by atoms with Crippen molar-refractivity contribution in [1.82, 2.24) is 9.71 Å².